The highest BCUT2D eigenvalue weighted by Gasteiger charge is 2.53. The number of anilines is 1. The van der Waals surface area contributed by atoms with Crippen LogP contribution in [-0.2, 0) is 11.2 Å². The number of rotatable bonds is 3. The molecule has 3 aromatic carbocycles. The van der Waals surface area contributed by atoms with Crippen LogP contribution in [0.1, 0.15) is 38.8 Å². The van der Waals surface area contributed by atoms with E-state index in [1.54, 1.807) is 4.90 Å². The molecule has 6 rings (SSSR count). The summed E-state index contributed by atoms with van der Waals surface area (Å²) in [6.45, 7) is 2.01. The maximum Gasteiger partial charge on any atom is 0.335 e. The number of aromatic carboxylic acids is 1. The third kappa shape index (κ3) is 2.86. The molecule has 2 aliphatic rings. The standard InChI is InChI=1S/C27H21N3O4/c1-15-6-8-16(9-7-15)24-23-20(19-4-2-3-5-21(19)28-23)14-22-25(31)29(27(34)30(22)24)18-12-10-17(11-13-18)26(32)33/h2-13,22,24,28H,14H2,1H3,(H,32,33)/t22-,24?/m0/s1. The molecule has 0 spiro atoms. The molecule has 0 bridgehead atoms. The summed E-state index contributed by atoms with van der Waals surface area (Å²) in [6.07, 6.45) is 0.413. The Kier molecular flexibility index (Phi) is 4.35. The fourth-order valence-corrected chi connectivity index (χ4v) is 5.16. The number of nitrogens with one attached hydrogen (secondary N) is 1. The average Bonchev–Trinajstić information content (AvgIpc) is 3.33. The molecule has 1 unspecified atom stereocenters. The Hall–Kier alpha value is -4.39. The molecule has 1 fully saturated rings. The lowest BCUT2D eigenvalue weighted by Crippen LogP contribution is -2.44. The van der Waals surface area contributed by atoms with Gasteiger partial charge in [0.05, 0.1) is 11.3 Å². The van der Waals surface area contributed by atoms with Crippen molar-refractivity contribution >= 4 is 34.5 Å². The van der Waals surface area contributed by atoms with Gasteiger partial charge in [0, 0.05) is 23.0 Å². The Labute approximate surface area is 195 Å². The van der Waals surface area contributed by atoms with Gasteiger partial charge in [-0.15, -0.1) is 0 Å². The number of amides is 3. The number of para-hydroxylation sites is 1. The summed E-state index contributed by atoms with van der Waals surface area (Å²) in [5.41, 5.74) is 5.44. The summed E-state index contributed by atoms with van der Waals surface area (Å²) in [7, 11) is 0. The first kappa shape index (κ1) is 20.2. The van der Waals surface area contributed by atoms with E-state index in [0.29, 0.717) is 12.1 Å². The summed E-state index contributed by atoms with van der Waals surface area (Å²) in [4.78, 5) is 44.9. The molecule has 168 valence electrons. The van der Waals surface area contributed by atoms with Crippen LogP contribution < -0.4 is 4.90 Å². The summed E-state index contributed by atoms with van der Waals surface area (Å²) in [5.74, 6) is -1.37. The zero-order valence-corrected chi connectivity index (χ0v) is 18.4. The predicted octanol–water partition coefficient (Wildman–Crippen LogP) is 4.66. The van der Waals surface area contributed by atoms with Gasteiger partial charge in [0.25, 0.3) is 5.91 Å². The van der Waals surface area contributed by atoms with Crippen LogP contribution in [0.2, 0.25) is 0 Å². The van der Waals surface area contributed by atoms with Crippen molar-refractivity contribution in [1.82, 2.24) is 9.88 Å². The van der Waals surface area contributed by atoms with Crippen molar-refractivity contribution in [2.45, 2.75) is 25.4 Å². The van der Waals surface area contributed by atoms with Gasteiger partial charge in [-0.1, -0.05) is 48.0 Å². The minimum absolute atomic E-state index is 0.0968. The summed E-state index contributed by atoms with van der Waals surface area (Å²) in [5, 5.41) is 10.3. The smallest absolute Gasteiger partial charge is 0.335 e. The topological polar surface area (TPSA) is 93.7 Å². The molecule has 0 saturated carbocycles. The number of imide groups is 1. The van der Waals surface area contributed by atoms with Crippen molar-refractivity contribution in [3.8, 4) is 0 Å². The average molecular weight is 451 g/mol. The summed E-state index contributed by atoms with van der Waals surface area (Å²) in [6, 6.07) is 20.3. The molecule has 7 nitrogen and oxygen atoms in total. The van der Waals surface area contributed by atoms with Crippen molar-refractivity contribution in [1.29, 1.82) is 0 Å². The van der Waals surface area contributed by atoms with E-state index in [1.807, 2.05) is 55.5 Å². The maximum absolute atomic E-state index is 13.7. The van der Waals surface area contributed by atoms with E-state index >= 15 is 0 Å². The van der Waals surface area contributed by atoms with E-state index in [9.17, 15) is 19.5 Å². The second-order valence-electron chi connectivity index (χ2n) is 8.81. The number of hydrogen-bond acceptors (Lipinski definition) is 3. The molecule has 2 aliphatic heterocycles. The van der Waals surface area contributed by atoms with E-state index in [4.69, 9.17) is 0 Å². The molecule has 0 aliphatic carbocycles. The Morgan fingerprint density at radius 1 is 0.971 bits per heavy atom. The molecule has 1 aromatic heterocycles. The highest BCUT2D eigenvalue weighted by molar-refractivity contribution is 6.22. The highest BCUT2D eigenvalue weighted by atomic mass is 16.4. The minimum atomic E-state index is -1.06. The van der Waals surface area contributed by atoms with E-state index in [1.165, 1.54) is 29.2 Å². The number of urea groups is 1. The Bertz CT molecular complexity index is 1470. The number of carboxylic acid groups (broad SMARTS) is 1. The molecular formula is C27H21N3O4. The van der Waals surface area contributed by atoms with Crippen LogP contribution in [0.3, 0.4) is 0 Å². The first-order valence-corrected chi connectivity index (χ1v) is 11.1. The van der Waals surface area contributed by atoms with Gasteiger partial charge in [0.15, 0.2) is 0 Å². The number of carbonyl (C=O) groups excluding carboxylic acids is 2. The van der Waals surface area contributed by atoms with E-state index in [-0.39, 0.29) is 11.5 Å². The molecule has 34 heavy (non-hydrogen) atoms. The third-order valence-electron chi connectivity index (χ3n) is 6.81. The van der Waals surface area contributed by atoms with Crippen molar-refractivity contribution < 1.29 is 19.5 Å². The van der Waals surface area contributed by atoms with E-state index in [2.05, 4.69) is 4.98 Å². The van der Waals surface area contributed by atoms with Crippen LogP contribution >= 0.6 is 0 Å². The lowest BCUT2D eigenvalue weighted by Gasteiger charge is -2.36. The van der Waals surface area contributed by atoms with Crippen LogP contribution in [0.25, 0.3) is 10.9 Å². The van der Waals surface area contributed by atoms with Crippen LogP contribution in [0, 0.1) is 6.92 Å². The molecule has 7 heteroatoms. The SMILES string of the molecule is Cc1ccc(C2c3[nH]c4ccccc4c3C[C@H]3C(=O)N(c4ccc(C(=O)O)cc4)C(=O)N23)cc1. The number of hydrogen-bond donors (Lipinski definition) is 2. The molecule has 1 saturated heterocycles. The zero-order chi connectivity index (χ0) is 23.6. The number of aromatic nitrogens is 1. The normalized spacial score (nSPS) is 19.4. The quantitative estimate of drug-likeness (QED) is 0.443. The lowest BCUT2D eigenvalue weighted by molar-refractivity contribution is -0.120. The van der Waals surface area contributed by atoms with Crippen LogP contribution in [0.15, 0.2) is 72.8 Å². The lowest BCUT2D eigenvalue weighted by atomic mass is 9.88. The Balaban J connectivity index is 1.50. The van der Waals surface area contributed by atoms with Gasteiger partial charge >= 0.3 is 12.0 Å². The molecule has 3 amide bonds. The Morgan fingerprint density at radius 2 is 1.68 bits per heavy atom. The van der Waals surface area contributed by atoms with Crippen LogP contribution in [0.5, 0.6) is 0 Å². The second kappa shape index (κ2) is 7.31. The largest absolute Gasteiger partial charge is 0.478 e. The van der Waals surface area contributed by atoms with Gasteiger partial charge < -0.3 is 10.1 Å². The maximum atomic E-state index is 13.7. The number of aryl methyl sites for hydroxylation is 1. The van der Waals surface area contributed by atoms with Crippen molar-refractivity contribution in [3.05, 3.63) is 101 Å². The molecule has 0 radical (unpaired) electrons. The summed E-state index contributed by atoms with van der Waals surface area (Å²) >= 11 is 0. The van der Waals surface area contributed by atoms with Crippen molar-refractivity contribution in [2.75, 3.05) is 4.90 Å². The Morgan fingerprint density at radius 3 is 2.38 bits per heavy atom. The highest BCUT2D eigenvalue weighted by Crippen LogP contribution is 2.44. The third-order valence-corrected chi connectivity index (χ3v) is 6.81. The number of carbonyl (C=O) groups is 3. The van der Waals surface area contributed by atoms with Crippen molar-refractivity contribution in [3.63, 3.8) is 0 Å². The zero-order valence-electron chi connectivity index (χ0n) is 18.4. The summed E-state index contributed by atoms with van der Waals surface area (Å²) < 4.78 is 0. The number of H-pyrrole nitrogens is 1. The van der Waals surface area contributed by atoms with Gasteiger partial charge in [-0.2, -0.15) is 0 Å². The second-order valence-corrected chi connectivity index (χ2v) is 8.81. The number of nitrogens with zero attached hydrogens (tertiary/aromatic N) is 2. The number of carboxylic acids is 1. The fourth-order valence-electron chi connectivity index (χ4n) is 5.16. The minimum Gasteiger partial charge on any atom is -0.478 e. The van der Waals surface area contributed by atoms with E-state index in [0.717, 1.165) is 33.3 Å². The number of aromatic amines is 1. The molecule has 2 N–H and O–H groups in total. The van der Waals surface area contributed by atoms with Crippen LogP contribution in [-0.4, -0.2) is 38.9 Å². The van der Waals surface area contributed by atoms with Gasteiger partial charge in [0.1, 0.15) is 12.1 Å². The van der Waals surface area contributed by atoms with Gasteiger partial charge in [-0.25, -0.2) is 14.5 Å². The molecule has 4 aromatic rings. The monoisotopic (exact) mass is 451 g/mol. The number of benzene rings is 3. The van der Waals surface area contributed by atoms with Gasteiger partial charge in [0.2, 0.25) is 0 Å². The fraction of sp³-hybridized carbons (Fsp3) is 0.148. The van der Waals surface area contributed by atoms with Crippen LogP contribution in [0.4, 0.5) is 10.5 Å². The molecule has 3 heterocycles. The first-order valence-electron chi connectivity index (χ1n) is 11.1. The van der Waals surface area contributed by atoms with E-state index < -0.39 is 24.1 Å². The molecular weight excluding hydrogens is 430 g/mol. The van der Waals surface area contributed by atoms with Crippen molar-refractivity contribution in [2.24, 2.45) is 0 Å². The number of fused-ring (bicyclic) bond motifs is 4. The van der Waals surface area contributed by atoms with Gasteiger partial charge in [-0.05, 0) is 48.4 Å². The van der Waals surface area contributed by atoms with Gasteiger partial charge in [-0.3, -0.25) is 9.69 Å². The predicted molar refractivity (Wildman–Crippen MR) is 127 cm³/mol. The first-order chi connectivity index (χ1) is 16.4. The molecule has 2 atom stereocenters.